The predicted molar refractivity (Wildman–Crippen MR) is 89.3 cm³/mol. The third kappa shape index (κ3) is 4.26. The second-order valence-electron chi connectivity index (χ2n) is 4.88. The maximum Gasteiger partial charge on any atom is 0.307 e. The predicted octanol–water partition coefficient (Wildman–Crippen LogP) is 2.35. The van der Waals surface area contributed by atoms with Gasteiger partial charge in [-0.1, -0.05) is 35.5 Å². The normalized spacial score (nSPS) is 11.3. The molecule has 0 bridgehead atoms. The van der Waals surface area contributed by atoms with E-state index < -0.39 is 5.91 Å². The molecule has 0 saturated heterocycles. The minimum atomic E-state index is -0.404. The second-order valence-corrected chi connectivity index (χ2v) is 4.88. The molecular formula is C17H15N5O2. The number of hydrogen-bond acceptors (Lipinski definition) is 5. The third-order valence-corrected chi connectivity index (χ3v) is 3.08. The Kier molecular flexibility index (Phi) is 4.94. The van der Waals surface area contributed by atoms with Crippen molar-refractivity contribution >= 4 is 18.2 Å². The topological polar surface area (TPSA) is 85.3 Å². The van der Waals surface area contributed by atoms with Crippen molar-refractivity contribution in [1.29, 1.82) is 0 Å². The van der Waals surface area contributed by atoms with Gasteiger partial charge in [-0.05, 0) is 29.8 Å². The summed E-state index contributed by atoms with van der Waals surface area (Å²) in [4.78, 5) is 11.5. The average molecular weight is 321 g/mol. The molecule has 1 aromatic carbocycles. The van der Waals surface area contributed by atoms with Gasteiger partial charge in [0.05, 0.1) is 19.0 Å². The molecule has 0 saturated carbocycles. The van der Waals surface area contributed by atoms with Gasteiger partial charge in [0.15, 0.2) is 5.76 Å². The van der Waals surface area contributed by atoms with Crippen LogP contribution in [0.25, 0.3) is 6.08 Å². The van der Waals surface area contributed by atoms with E-state index in [1.807, 2.05) is 36.5 Å². The van der Waals surface area contributed by atoms with Crippen LogP contribution in [0.4, 0.5) is 0 Å². The molecule has 1 N–H and O–H groups in total. The van der Waals surface area contributed by atoms with E-state index in [1.54, 1.807) is 29.0 Å². The molecule has 1 amide bonds. The first-order chi connectivity index (χ1) is 11.8. The number of carbonyl (C=O) groups excluding carboxylic acids is 1. The van der Waals surface area contributed by atoms with Gasteiger partial charge >= 0.3 is 5.91 Å². The number of amides is 1. The lowest BCUT2D eigenvalue weighted by Gasteiger charge is -1.98. The largest absolute Gasteiger partial charge is 0.459 e. The molecular weight excluding hydrogens is 306 g/mol. The molecule has 0 aliphatic carbocycles. The highest BCUT2D eigenvalue weighted by molar-refractivity contribution is 5.92. The van der Waals surface area contributed by atoms with Crippen LogP contribution in [0.15, 0.2) is 70.5 Å². The van der Waals surface area contributed by atoms with Crippen molar-refractivity contribution in [3.8, 4) is 0 Å². The fourth-order valence-corrected chi connectivity index (χ4v) is 1.98. The zero-order chi connectivity index (χ0) is 16.6. The molecule has 0 unspecified atom stereocenters. The van der Waals surface area contributed by atoms with Crippen molar-refractivity contribution in [1.82, 2.24) is 20.4 Å². The molecule has 0 aliphatic heterocycles. The van der Waals surface area contributed by atoms with E-state index in [1.165, 1.54) is 12.5 Å². The summed E-state index contributed by atoms with van der Waals surface area (Å²) in [6.07, 6.45) is 8.13. The van der Waals surface area contributed by atoms with Gasteiger partial charge in [-0.3, -0.25) is 4.79 Å². The number of nitrogens with zero attached hydrogens (tertiary/aromatic N) is 4. The number of rotatable bonds is 6. The Balaban J connectivity index is 1.50. The highest BCUT2D eigenvalue weighted by atomic mass is 16.3. The van der Waals surface area contributed by atoms with E-state index in [4.69, 9.17) is 4.42 Å². The van der Waals surface area contributed by atoms with Crippen LogP contribution < -0.4 is 5.43 Å². The third-order valence-electron chi connectivity index (χ3n) is 3.08. The number of nitrogens with one attached hydrogen (secondary N) is 1. The number of furan rings is 1. The highest BCUT2D eigenvalue weighted by Gasteiger charge is 2.05. The van der Waals surface area contributed by atoms with Crippen LogP contribution >= 0.6 is 0 Å². The van der Waals surface area contributed by atoms with Crippen molar-refractivity contribution < 1.29 is 9.21 Å². The summed E-state index contributed by atoms with van der Waals surface area (Å²) in [7, 11) is 0. The quantitative estimate of drug-likeness (QED) is 0.558. The van der Waals surface area contributed by atoms with Crippen molar-refractivity contribution in [2.45, 2.75) is 6.54 Å². The van der Waals surface area contributed by atoms with Gasteiger partial charge in [0.2, 0.25) is 0 Å². The summed E-state index contributed by atoms with van der Waals surface area (Å²) in [5.41, 5.74) is 4.21. The first-order valence-electron chi connectivity index (χ1n) is 7.29. The lowest BCUT2D eigenvalue weighted by molar-refractivity contribution is 0.0927. The fraction of sp³-hybridized carbons (Fsp3) is 0.0588. The highest BCUT2D eigenvalue weighted by Crippen LogP contribution is 2.03. The second kappa shape index (κ2) is 7.68. The van der Waals surface area contributed by atoms with E-state index in [-0.39, 0.29) is 5.76 Å². The van der Waals surface area contributed by atoms with Gasteiger partial charge < -0.3 is 4.42 Å². The van der Waals surface area contributed by atoms with E-state index in [0.29, 0.717) is 12.2 Å². The van der Waals surface area contributed by atoms with Crippen molar-refractivity contribution in [2.24, 2.45) is 5.10 Å². The maximum absolute atomic E-state index is 11.5. The Bertz CT molecular complexity index is 835. The van der Waals surface area contributed by atoms with Gasteiger partial charge in [0.1, 0.15) is 5.69 Å². The van der Waals surface area contributed by atoms with Crippen LogP contribution in [0.2, 0.25) is 0 Å². The molecule has 3 rings (SSSR count). The number of allylic oxidation sites excluding steroid dienone is 1. The summed E-state index contributed by atoms with van der Waals surface area (Å²) < 4.78 is 6.70. The van der Waals surface area contributed by atoms with Crippen LogP contribution in [0.3, 0.4) is 0 Å². The van der Waals surface area contributed by atoms with Crippen LogP contribution in [-0.2, 0) is 6.54 Å². The average Bonchev–Trinajstić information content (AvgIpc) is 3.27. The Labute approximate surface area is 138 Å². The smallest absolute Gasteiger partial charge is 0.307 e. The molecule has 0 aliphatic rings. The summed E-state index contributed by atoms with van der Waals surface area (Å²) in [5.74, 6) is -0.196. The zero-order valence-corrected chi connectivity index (χ0v) is 12.7. The Morgan fingerprint density at radius 3 is 2.92 bits per heavy atom. The van der Waals surface area contributed by atoms with E-state index in [2.05, 4.69) is 20.8 Å². The number of hydrogen-bond donors (Lipinski definition) is 1. The minimum absolute atomic E-state index is 0.208. The Morgan fingerprint density at radius 1 is 1.25 bits per heavy atom. The molecule has 0 radical (unpaired) electrons. The molecule has 3 aromatic rings. The van der Waals surface area contributed by atoms with Crippen LogP contribution in [0, 0.1) is 0 Å². The molecule has 24 heavy (non-hydrogen) atoms. The molecule has 0 atom stereocenters. The molecule has 0 fully saturated rings. The van der Waals surface area contributed by atoms with E-state index >= 15 is 0 Å². The molecule has 120 valence electrons. The van der Waals surface area contributed by atoms with E-state index in [0.717, 1.165) is 5.56 Å². The van der Waals surface area contributed by atoms with Gasteiger partial charge in [-0.15, -0.1) is 5.10 Å². The molecule has 7 heteroatoms. The summed E-state index contributed by atoms with van der Waals surface area (Å²) in [6.45, 7) is 0.662. The van der Waals surface area contributed by atoms with Crippen molar-refractivity contribution in [2.75, 3.05) is 0 Å². The SMILES string of the molecule is O=C(N/N=C/C=C/c1cn(Cc2ccccc2)nn1)c1ccco1. The Hall–Kier alpha value is -3.48. The first-order valence-corrected chi connectivity index (χ1v) is 7.29. The molecule has 0 spiro atoms. The van der Waals surface area contributed by atoms with Gasteiger partial charge in [0, 0.05) is 6.21 Å². The van der Waals surface area contributed by atoms with Crippen LogP contribution in [0.1, 0.15) is 21.8 Å². The lowest BCUT2D eigenvalue weighted by atomic mass is 10.2. The molecule has 7 nitrogen and oxygen atoms in total. The van der Waals surface area contributed by atoms with E-state index in [9.17, 15) is 4.79 Å². The van der Waals surface area contributed by atoms with Gasteiger partial charge in [-0.2, -0.15) is 5.10 Å². The van der Waals surface area contributed by atoms with Crippen LogP contribution in [0.5, 0.6) is 0 Å². The van der Waals surface area contributed by atoms with Crippen LogP contribution in [-0.4, -0.2) is 27.1 Å². The monoisotopic (exact) mass is 321 g/mol. The first kappa shape index (κ1) is 15.4. The maximum atomic E-state index is 11.5. The fourth-order valence-electron chi connectivity index (χ4n) is 1.98. The molecule has 2 heterocycles. The summed E-state index contributed by atoms with van der Waals surface area (Å²) in [5, 5.41) is 11.9. The van der Waals surface area contributed by atoms with Crippen molar-refractivity contribution in [3.05, 3.63) is 78.0 Å². The number of benzene rings is 1. The minimum Gasteiger partial charge on any atom is -0.459 e. The lowest BCUT2D eigenvalue weighted by Crippen LogP contribution is -2.16. The van der Waals surface area contributed by atoms with Crippen molar-refractivity contribution in [3.63, 3.8) is 0 Å². The molecule has 2 aromatic heterocycles. The zero-order valence-electron chi connectivity index (χ0n) is 12.7. The number of carbonyl (C=O) groups is 1. The summed E-state index contributed by atoms with van der Waals surface area (Å²) >= 11 is 0. The number of aromatic nitrogens is 3. The van der Waals surface area contributed by atoms with Gasteiger partial charge in [-0.25, -0.2) is 10.1 Å². The summed E-state index contributed by atoms with van der Waals surface area (Å²) in [6, 6.07) is 13.2. The standard InChI is InChI=1S/C17H15N5O2/c23-17(16-9-5-11-24-16)20-18-10-4-8-15-13-22(21-19-15)12-14-6-2-1-3-7-14/h1-11,13H,12H2,(H,20,23)/b8-4+,18-10+. The van der Waals surface area contributed by atoms with Gasteiger partial charge in [0.25, 0.3) is 0 Å². The number of hydrazone groups is 1. The Morgan fingerprint density at radius 2 is 2.12 bits per heavy atom.